The number of urea groups is 4. The van der Waals surface area contributed by atoms with Crippen LogP contribution in [0.2, 0.25) is 5.15 Å². The van der Waals surface area contributed by atoms with Crippen LogP contribution in [0, 0.1) is 6.92 Å². The largest absolute Gasteiger partial charge is 0.508 e. The number of methoxy groups -OCH3 is 4. The molecule has 682 valence electrons. The SMILES string of the molecule is COc1ccc2c(c1)C(=O)N(C[C@@]1(c3ccc(-c4ncccc4C(F)(F)F)cc3)NC(=O)NC1=O)C2.COc1ccc2c(c1)C(=O)N(C[C@@]1(c3ccc(-c4ncccc4OC)cc3)NC(=O)NC1=O)C2.COc1ccc2c(c1)C(=O)N(C[C@@]1(c3ccc(-c4nccnc4Cl)cc3)NC(=O)NC1=O)C2.Cc1ccc(-c2ccc([C@@]3(CN4Cc5ccc(O)cc5C4=O)NC(=O)NC3=O)cc2)nc1. The molecular formula is C97H79ClF3N17O17. The lowest BCUT2D eigenvalue weighted by atomic mass is 9.88. The second kappa shape index (κ2) is 36.0. The molecule has 0 radical (unpaired) electrons. The first kappa shape index (κ1) is 90.0. The minimum absolute atomic E-state index is 0.000814. The normalized spacial score (nSPS) is 19.3. The number of carbonyl (C=O) groups is 12. The molecule has 9 N–H and O–H groups in total. The molecule has 0 bridgehead atoms. The molecule has 4 aromatic heterocycles. The Hall–Kier alpha value is -17.0. The van der Waals surface area contributed by atoms with Crippen molar-refractivity contribution in [3.63, 3.8) is 0 Å². The molecule has 20 rings (SSSR count). The van der Waals surface area contributed by atoms with Gasteiger partial charge in [0.15, 0.2) is 27.3 Å². The quantitative estimate of drug-likeness (QED) is 0.0320. The van der Waals surface area contributed by atoms with E-state index in [0.29, 0.717) is 97.5 Å². The maximum atomic E-state index is 13.5. The number of phenols is 1. The summed E-state index contributed by atoms with van der Waals surface area (Å²) < 4.78 is 61.4. The van der Waals surface area contributed by atoms with Crippen LogP contribution in [0.3, 0.4) is 0 Å². The molecule has 4 atom stereocenters. The number of hydrogen-bond acceptors (Lipinski definition) is 22. The lowest BCUT2D eigenvalue weighted by Crippen LogP contribution is -2.52. The standard InChI is InChI=1S/C25H19F3N4O4.C25H22N4O5.C24H20N4O4.C23H18ClN5O4/c1-36-17-9-6-15-12-32(21(33)18(15)11-17)13-24(22(34)30-23(35)31-24)16-7-4-14(5-8-16)20-19(25(26,27)28)3-2-10-29-20;1-33-18-10-7-16-13-29(22(30)19(16)12-18)14-25(23(31)27-24(32)28-25)17-8-5-15(6-9-17)21-20(34-2)4-3-11-26-21;1-14-2-9-20(25-11-14)15-3-6-17(7-4-15)24(22(31)26-23(32)27-24)13-28-12-16-5-8-18(29)10-19(16)21(28)30;1-33-16-7-4-14-11-29(20(30)17(14)10-16)12-23(21(31)27-22(32)28-23)15-5-2-13(3-6-15)18-19(24)26-9-8-25-18/h2-11H,12-13H2,1H3,(H2,30,31,34,35);3-12H,13-14H2,1-2H3,(H2,27,28,31,32);2-11,29H,12-13H2,1H3,(H2,26,27,31,32);2-10H,11-12H2,1H3,(H2,27,28,31,32)/t24-;25-;24-;23-/m0010/s1. The Kier molecular flexibility index (Phi) is 24.0. The van der Waals surface area contributed by atoms with Crippen LogP contribution in [0.25, 0.3) is 45.0 Å². The number of phenolic OH excluding ortho intramolecular Hbond substituents is 1. The van der Waals surface area contributed by atoms with Gasteiger partial charge in [0, 0.05) is 102 Å². The molecule has 0 aliphatic carbocycles. The number of aromatic nitrogens is 5. The van der Waals surface area contributed by atoms with E-state index in [9.17, 15) is 75.8 Å². The van der Waals surface area contributed by atoms with Crippen molar-refractivity contribution in [2.75, 3.05) is 54.6 Å². The summed E-state index contributed by atoms with van der Waals surface area (Å²) in [6.07, 6.45) is 3.14. The highest BCUT2D eigenvalue weighted by atomic mass is 35.5. The number of amides is 16. The fraction of sp³-hybridized carbons (Fsp3) is 0.186. The van der Waals surface area contributed by atoms with Gasteiger partial charge in [-0.15, -0.1) is 0 Å². The Morgan fingerprint density at radius 1 is 0.370 bits per heavy atom. The number of nitrogens with zero attached hydrogens (tertiary/aromatic N) is 9. The van der Waals surface area contributed by atoms with Crippen LogP contribution in [0.4, 0.5) is 32.3 Å². The van der Waals surface area contributed by atoms with Crippen molar-refractivity contribution in [3.8, 4) is 73.8 Å². The molecule has 8 aliphatic heterocycles. The van der Waals surface area contributed by atoms with Crippen LogP contribution in [0.5, 0.6) is 28.7 Å². The van der Waals surface area contributed by atoms with Gasteiger partial charge < -0.3 is 64.9 Å². The van der Waals surface area contributed by atoms with Gasteiger partial charge in [-0.2, -0.15) is 13.2 Å². The monoisotopic (exact) mass is 1850 g/mol. The van der Waals surface area contributed by atoms with Gasteiger partial charge in [0.1, 0.15) is 40.1 Å². The maximum Gasteiger partial charge on any atom is 0.418 e. The van der Waals surface area contributed by atoms with Crippen LogP contribution in [-0.2, 0) is 73.7 Å². The van der Waals surface area contributed by atoms with Crippen LogP contribution >= 0.6 is 11.6 Å². The van der Waals surface area contributed by atoms with Crippen molar-refractivity contribution in [1.29, 1.82) is 0 Å². The molecule has 135 heavy (non-hydrogen) atoms. The first-order valence-electron chi connectivity index (χ1n) is 41.7. The molecule has 8 aliphatic rings. The van der Waals surface area contributed by atoms with E-state index < -0.39 is 81.6 Å². The first-order chi connectivity index (χ1) is 64.8. The summed E-state index contributed by atoms with van der Waals surface area (Å²) in [6.45, 7) is 2.82. The third-order valence-corrected chi connectivity index (χ3v) is 24.6. The summed E-state index contributed by atoms with van der Waals surface area (Å²) in [6, 6.07) is 54.3. The highest BCUT2D eigenvalue weighted by molar-refractivity contribution is 6.31. The molecular weight excluding hydrogens is 1770 g/mol. The van der Waals surface area contributed by atoms with E-state index >= 15 is 0 Å². The minimum Gasteiger partial charge on any atom is -0.508 e. The smallest absolute Gasteiger partial charge is 0.418 e. The molecule has 16 amide bonds. The molecule has 34 nitrogen and oxygen atoms in total. The van der Waals surface area contributed by atoms with Crippen LogP contribution in [-0.4, -0.2) is 176 Å². The summed E-state index contributed by atoms with van der Waals surface area (Å²) in [5.41, 5.74) is 5.45. The molecule has 38 heteroatoms. The van der Waals surface area contributed by atoms with E-state index in [1.807, 2.05) is 61.5 Å². The number of halogens is 4. The number of pyridine rings is 3. The van der Waals surface area contributed by atoms with Crippen molar-refractivity contribution in [2.24, 2.45) is 0 Å². The lowest BCUT2D eigenvalue weighted by molar-refractivity contribution is -0.137. The minimum atomic E-state index is -4.60. The lowest BCUT2D eigenvalue weighted by Gasteiger charge is -2.31. The Balaban J connectivity index is 0.000000125. The molecule has 0 spiro atoms. The average Bonchev–Trinajstić information content (AvgIpc) is 1.62. The summed E-state index contributed by atoms with van der Waals surface area (Å²) in [4.78, 5) is 180. The van der Waals surface area contributed by atoms with Gasteiger partial charge in [-0.1, -0.05) is 139 Å². The highest BCUT2D eigenvalue weighted by Crippen LogP contribution is 2.43. The van der Waals surface area contributed by atoms with Gasteiger partial charge in [-0.05, 0) is 136 Å². The van der Waals surface area contributed by atoms with Crippen molar-refractivity contribution < 1.29 is 94.8 Å². The zero-order valence-corrected chi connectivity index (χ0v) is 72.9. The van der Waals surface area contributed by atoms with E-state index in [2.05, 4.69) is 67.5 Å². The molecule has 4 saturated heterocycles. The van der Waals surface area contributed by atoms with E-state index in [1.54, 1.807) is 132 Å². The number of nitrogens with one attached hydrogen (secondary N) is 8. The summed E-state index contributed by atoms with van der Waals surface area (Å²) in [5.74, 6) is -1.05. The van der Waals surface area contributed by atoms with Gasteiger partial charge in [0.05, 0.1) is 71.6 Å². The molecule has 8 aromatic carbocycles. The van der Waals surface area contributed by atoms with Crippen molar-refractivity contribution >= 4 is 83.0 Å². The van der Waals surface area contributed by atoms with Gasteiger partial charge in [-0.25, -0.2) is 24.2 Å². The molecule has 4 fully saturated rings. The van der Waals surface area contributed by atoms with Crippen LogP contribution in [0.15, 0.2) is 237 Å². The summed E-state index contributed by atoms with van der Waals surface area (Å²) in [7, 11) is 6.13. The Labute approximate surface area is 771 Å². The van der Waals surface area contributed by atoms with Gasteiger partial charge >= 0.3 is 30.3 Å². The summed E-state index contributed by atoms with van der Waals surface area (Å²) in [5, 5.41) is 29.9. The topological polar surface area (TPSA) is 436 Å². The highest BCUT2D eigenvalue weighted by Gasteiger charge is 2.55. The predicted octanol–water partition coefficient (Wildman–Crippen LogP) is 10.9. The Morgan fingerprint density at radius 2 is 0.704 bits per heavy atom. The fourth-order valence-electron chi connectivity index (χ4n) is 17.4. The number of benzene rings is 8. The van der Waals surface area contributed by atoms with Crippen molar-refractivity contribution in [1.82, 2.24) is 87.1 Å². The van der Waals surface area contributed by atoms with Gasteiger partial charge in [-0.3, -0.25) is 79.6 Å². The van der Waals surface area contributed by atoms with E-state index in [1.165, 1.54) is 92.2 Å². The maximum absolute atomic E-state index is 13.5. The number of imide groups is 4. The number of hydrogen-bond donors (Lipinski definition) is 9. The van der Waals surface area contributed by atoms with Crippen LogP contribution in [0.1, 0.15) is 97.1 Å². The van der Waals surface area contributed by atoms with E-state index in [0.717, 1.165) is 50.7 Å². The zero-order chi connectivity index (χ0) is 95.2. The van der Waals surface area contributed by atoms with Crippen molar-refractivity contribution in [3.05, 3.63) is 320 Å². The van der Waals surface area contributed by atoms with Gasteiger partial charge in [0.25, 0.3) is 47.3 Å². The fourth-order valence-corrected chi connectivity index (χ4v) is 17.7. The van der Waals surface area contributed by atoms with Crippen molar-refractivity contribution in [2.45, 2.75) is 61.4 Å². The molecule has 12 heterocycles. The number of carbonyl (C=O) groups excluding carboxylic acids is 12. The number of aromatic hydroxyl groups is 1. The molecule has 0 saturated carbocycles. The van der Waals surface area contributed by atoms with Gasteiger partial charge in [0.2, 0.25) is 0 Å². The average molecular weight is 1850 g/mol. The third kappa shape index (κ3) is 17.2. The second-order valence-electron chi connectivity index (χ2n) is 32.5. The number of alkyl halides is 3. The number of rotatable bonds is 20. The summed E-state index contributed by atoms with van der Waals surface area (Å²) >= 11 is 6.14. The number of aryl methyl sites for hydroxylation is 1. The third-order valence-electron chi connectivity index (χ3n) is 24.3. The van der Waals surface area contributed by atoms with E-state index in [4.69, 9.17) is 30.5 Å². The van der Waals surface area contributed by atoms with E-state index in [-0.39, 0.29) is 85.1 Å². The molecule has 0 unspecified atom stereocenters. The predicted molar refractivity (Wildman–Crippen MR) is 477 cm³/mol. The first-order valence-corrected chi connectivity index (χ1v) is 42.1. The number of ether oxygens (including phenoxy) is 4. The Bertz CT molecular complexity index is 6880. The van der Waals surface area contributed by atoms with Crippen LogP contribution < -0.4 is 61.5 Å². The number of fused-ring (bicyclic) bond motifs is 4. The zero-order valence-electron chi connectivity index (χ0n) is 72.2. The Morgan fingerprint density at radius 3 is 1.04 bits per heavy atom. The molecule has 12 aromatic rings. The second-order valence-corrected chi connectivity index (χ2v) is 32.8.